The molecule has 14 heavy (non-hydrogen) atoms. The van der Waals surface area contributed by atoms with Gasteiger partial charge in [0.2, 0.25) is 5.91 Å². The van der Waals surface area contributed by atoms with Crippen LogP contribution >= 0.6 is 35.9 Å². The number of nitrogens with two attached hydrogens (primary N) is 1. The molecule has 1 heterocycles. The molecule has 3 nitrogen and oxygen atoms in total. The highest BCUT2D eigenvalue weighted by Crippen LogP contribution is 2.23. The summed E-state index contributed by atoms with van der Waals surface area (Å²) in [5, 5.41) is 3.03. The van der Waals surface area contributed by atoms with Crippen LogP contribution in [-0.4, -0.2) is 41.0 Å². The minimum absolute atomic E-state index is 0. The molecule has 1 aliphatic rings. The molecule has 1 saturated heterocycles. The van der Waals surface area contributed by atoms with Crippen molar-refractivity contribution in [1.82, 2.24) is 5.32 Å². The lowest BCUT2D eigenvalue weighted by Crippen LogP contribution is -2.43. The Morgan fingerprint density at radius 1 is 1.64 bits per heavy atom. The second kappa shape index (κ2) is 7.68. The van der Waals surface area contributed by atoms with Crippen molar-refractivity contribution in [3.63, 3.8) is 0 Å². The summed E-state index contributed by atoms with van der Waals surface area (Å²) < 4.78 is 0. The van der Waals surface area contributed by atoms with Crippen LogP contribution in [0.4, 0.5) is 0 Å². The van der Waals surface area contributed by atoms with Gasteiger partial charge in [0.05, 0.1) is 5.25 Å². The van der Waals surface area contributed by atoms with E-state index in [0.717, 1.165) is 11.5 Å². The molecule has 0 aromatic rings. The Morgan fingerprint density at radius 2 is 2.36 bits per heavy atom. The van der Waals surface area contributed by atoms with Gasteiger partial charge in [-0.25, -0.2) is 0 Å². The number of amides is 1. The Labute approximate surface area is 99.7 Å². The molecule has 0 bridgehead atoms. The predicted molar refractivity (Wildman–Crippen MR) is 67.5 cm³/mol. The van der Waals surface area contributed by atoms with Crippen molar-refractivity contribution in [3.05, 3.63) is 0 Å². The first-order valence-corrected chi connectivity index (χ1v) is 6.64. The zero-order chi connectivity index (χ0) is 9.68. The van der Waals surface area contributed by atoms with Crippen LogP contribution in [0, 0.1) is 0 Å². The van der Waals surface area contributed by atoms with Crippen molar-refractivity contribution in [2.45, 2.75) is 18.2 Å². The van der Waals surface area contributed by atoms with Crippen molar-refractivity contribution in [2.75, 3.05) is 23.8 Å². The second-order valence-corrected chi connectivity index (χ2v) is 5.54. The summed E-state index contributed by atoms with van der Waals surface area (Å²) >= 11 is 3.60. The lowest BCUT2D eigenvalue weighted by molar-refractivity contribution is -0.120. The van der Waals surface area contributed by atoms with E-state index in [1.54, 1.807) is 11.8 Å². The number of hydrogen-bond donors (Lipinski definition) is 2. The van der Waals surface area contributed by atoms with Crippen molar-refractivity contribution < 1.29 is 4.79 Å². The maximum Gasteiger partial charge on any atom is 0.234 e. The number of rotatable bonds is 3. The van der Waals surface area contributed by atoms with Crippen molar-refractivity contribution >= 4 is 41.8 Å². The van der Waals surface area contributed by atoms with Crippen LogP contribution in [0.1, 0.15) is 6.92 Å². The molecule has 0 aromatic carbocycles. The molecule has 1 fully saturated rings. The molecule has 3 N–H and O–H groups in total. The molecular formula is C8H17ClN2OS2. The second-order valence-electron chi connectivity index (χ2n) is 3.08. The normalized spacial score (nSPS) is 23.4. The quantitative estimate of drug-likeness (QED) is 0.782. The van der Waals surface area contributed by atoms with Gasteiger partial charge in [-0.2, -0.15) is 11.8 Å². The highest BCUT2D eigenvalue weighted by molar-refractivity contribution is 8.07. The van der Waals surface area contributed by atoms with Crippen LogP contribution < -0.4 is 11.1 Å². The van der Waals surface area contributed by atoms with Crippen molar-refractivity contribution in [3.8, 4) is 0 Å². The SMILES string of the molecule is C[C@H](CN)NC(=O)C1CSCCS1.Cl. The predicted octanol–water partition coefficient (Wildman–Crippen LogP) is 0.720. The lowest BCUT2D eigenvalue weighted by Gasteiger charge is -2.22. The Bertz CT molecular complexity index is 177. The minimum Gasteiger partial charge on any atom is -0.351 e. The molecule has 0 spiro atoms. The fourth-order valence-electron chi connectivity index (χ4n) is 1.03. The fraction of sp³-hybridized carbons (Fsp3) is 0.875. The summed E-state index contributed by atoms with van der Waals surface area (Å²) in [5.41, 5.74) is 5.42. The summed E-state index contributed by atoms with van der Waals surface area (Å²) in [6, 6.07) is 0.0972. The largest absolute Gasteiger partial charge is 0.351 e. The van der Waals surface area contributed by atoms with Crippen LogP contribution in [0.5, 0.6) is 0 Å². The Hall–Kier alpha value is 0.420. The third kappa shape index (κ3) is 4.77. The van der Waals surface area contributed by atoms with Crippen LogP contribution in [0.25, 0.3) is 0 Å². The van der Waals surface area contributed by atoms with Crippen LogP contribution in [-0.2, 0) is 4.79 Å². The van der Waals surface area contributed by atoms with E-state index in [9.17, 15) is 4.79 Å². The molecule has 0 radical (unpaired) electrons. The molecule has 2 atom stereocenters. The van der Waals surface area contributed by atoms with Crippen LogP contribution in [0.2, 0.25) is 0 Å². The third-order valence-corrected chi connectivity index (χ3v) is 4.60. The Balaban J connectivity index is 0.00000169. The van der Waals surface area contributed by atoms with Gasteiger partial charge in [0.25, 0.3) is 0 Å². The standard InChI is InChI=1S/C8H16N2OS2.ClH/c1-6(4-9)10-8(11)7-5-12-2-3-13-7;/h6-7H,2-5,9H2,1H3,(H,10,11);1H/t6-,7?;/m1./s1. The Kier molecular flexibility index (Phi) is 7.91. The average Bonchev–Trinajstić information content (AvgIpc) is 2.19. The molecule has 1 unspecified atom stereocenters. The first kappa shape index (κ1) is 14.4. The zero-order valence-electron chi connectivity index (χ0n) is 8.19. The number of hydrogen-bond acceptors (Lipinski definition) is 4. The van der Waals surface area contributed by atoms with E-state index in [2.05, 4.69) is 5.32 Å². The number of nitrogens with one attached hydrogen (secondary N) is 1. The van der Waals surface area contributed by atoms with E-state index in [-0.39, 0.29) is 29.6 Å². The van der Waals surface area contributed by atoms with Gasteiger partial charge in [-0.1, -0.05) is 0 Å². The van der Waals surface area contributed by atoms with Crippen LogP contribution in [0.15, 0.2) is 0 Å². The van der Waals surface area contributed by atoms with E-state index in [0.29, 0.717) is 6.54 Å². The molecule has 0 saturated carbocycles. The maximum absolute atomic E-state index is 11.6. The van der Waals surface area contributed by atoms with Crippen molar-refractivity contribution in [2.24, 2.45) is 5.73 Å². The average molecular weight is 257 g/mol. The van der Waals surface area contributed by atoms with Gasteiger partial charge in [0.15, 0.2) is 0 Å². The maximum atomic E-state index is 11.6. The zero-order valence-corrected chi connectivity index (χ0v) is 10.6. The lowest BCUT2D eigenvalue weighted by atomic mass is 10.3. The highest BCUT2D eigenvalue weighted by atomic mass is 35.5. The van der Waals surface area contributed by atoms with Gasteiger partial charge in [-0.05, 0) is 6.92 Å². The van der Waals surface area contributed by atoms with Crippen LogP contribution in [0.3, 0.4) is 0 Å². The topological polar surface area (TPSA) is 55.1 Å². The first-order chi connectivity index (χ1) is 6.24. The highest BCUT2D eigenvalue weighted by Gasteiger charge is 2.22. The van der Waals surface area contributed by atoms with Gasteiger partial charge in [0, 0.05) is 29.8 Å². The van der Waals surface area contributed by atoms with Crippen molar-refractivity contribution in [1.29, 1.82) is 0 Å². The molecule has 1 amide bonds. The van der Waals surface area contributed by atoms with Gasteiger partial charge in [0.1, 0.15) is 0 Å². The first-order valence-electron chi connectivity index (χ1n) is 4.44. The molecular weight excluding hydrogens is 240 g/mol. The molecule has 84 valence electrons. The van der Waals surface area contributed by atoms with Gasteiger partial charge in [-0.15, -0.1) is 24.2 Å². The number of carbonyl (C=O) groups is 1. The summed E-state index contributed by atoms with van der Waals surface area (Å²) in [5.74, 6) is 3.34. The van der Waals surface area contributed by atoms with E-state index >= 15 is 0 Å². The van der Waals surface area contributed by atoms with E-state index < -0.39 is 0 Å². The Morgan fingerprint density at radius 3 is 2.86 bits per heavy atom. The molecule has 1 aliphatic heterocycles. The van der Waals surface area contributed by atoms with Gasteiger partial charge in [-0.3, -0.25) is 4.79 Å². The van der Waals surface area contributed by atoms with E-state index in [1.165, 1.54) is 5.75 Å². The van der Waals surface area contributed by atoms with E-state index in [1.807, 2.05) is 18.7 Å². The van der Waals surface area contributed by atoms with Gasteiger partial charge >= 0.3 is 0 Å². The monoisotopic (exact) mass is 256 g/mol. The number of thioether (sulfide) groups is 2. The smallest absolute Gasteiger partial charge is 0.234 e. The molecule has 1 rings (SSSR count). The summed E-state index contributed by atoms with van der Waals surface area (Å²) in [7, 11) is 0. The molecule has 0 aromatic heterocycles. The summed E-state index contributed by atoms with van der Waals surface area (Å²) in [6.45, 7) is 2.44. The molecule has 6 heteroatoms. The number of halogens is 1. The fourth-order valence-corrected chi connectivity index (χ4v) is 3.60. The summed E-state index contributed by atoms with van der Waals surface area (Å²) in [4.78, 5) is 11.6. The third-order valence-electron chi connectivity index (χ3n) is 1.85. The minimum atomic E-state index is 0. The van der Waals surface area contributed by atoms with Gasteiger partial charge < -0.3 is 11.1 Å². The summed E-state index contributed by atoms with van der Waals surface area (Å²) in [6.07, 6.45) is 0. The van der Waals surface area contributed by atoms with E-state index in [4.69, 9.17) is 5.73 Å². The number of carbonyl (C=O) groups excluding carboxylic acids is 1. The molecule has 0 aliphatic carbocycles.